The van der Waals surface area contributed by atoms with Crippen molar-refractivity contribution in [1.82, 2.24) is 0 Å². The number of hydrogen-bond acceptors (Lipinski definition) is 2. The second kappa shape index (κ2) is 4.29. The highest BCUT2D eigenvalue weighted by Gasteiger charge is 2.22. The van der Waals surface area contributed by atoms with Crippen LogP contribution >= 0.6 is 0 Å². The van der Waals surface area contributed by atoms with Crippen molar-refractivity contribution < 1.29 is 19.0 Å². The van der Waals surface area contributed by atoms with Crippen LogP contribution in [-0.4, -0.2) is 18.2 Å². The topological polar surface area (TPSA) is 46.5 Å². The van der Waals surface area contributed by atoms with E-state index in [1.165, 1.54) is 20.1 Å². The molecule has 0 bridgehead atoms. The molecular weight excluding hydrogens is 199 g/mol. The minimum Gasteiger partial charge on any atom is -0.493 e. The molecule has 0 amide bonds. The molecule has 0 aromatic heterocycles. The second-order valence-electron chi connectivity index (χ2n) is 3.37. The summed E-state index contributed by atoms with van der Waals surface area (Å²) in [7, 11) is 1.33. The van der Waals surface area contributed by atoms with E-state index in [-0.39, 0.29) is 5.75 Å². The van der Waals surface area contributed by atoms with E-state index < -0.39 is 17.7 Å². The van der Waals surface area contributed by atoms with Crippen molar-refractivity contribution in [3.8, 4) is 5.75 Å². The van der Waals surface area contributed by atoms with Gasteiger partial charge in [0.25, 0.3) is 0 Å². The molecule has 0 aliphatic rings. The Balaban J connectivity index is 3.37. The Morgan fingerprint density at radius 3 is 2.60 bits per heavy atom. The predicted octanol–water partition coefficient (Wildman–Crippen LogP) is 2.33. The van der Waals surface area contributed by atoms with E-state index >= 15 is 0 Å². The average Bonchev–Trinajstić information content (AvgIpc) is 2.19. The number of aliphatic carboxylic acids is 1. The van der Waals surface area contributed by atoms with E-state index in [1.54, 1.807) is 13.0 Å². The second-order valence-corrected chi connectivity index (χ2v) is 3.37. The fourth-order valence-corrected chi connectivity index (χ4v) is 1.54. The van der Waals surface area contributed by atoms with Crippen LogP contribution in [0.1, 0.15) is 24.0 Å². The highest BCUT2D eigenvalue weighted by molar-refractivity contribution is 5.77. The maximum atomic E-state index is 13.3. The van der Waals surface area contributed by atoms with Gasteiger partial charge < -0.3 is 9.84 Å². The lowest BCUT2D eigenvalue weighted by Crippen LogP contribution is -2.11. The maximum Gasteiger partial charge on any atom is 0.310 e. The van der Waals surface area contributed by atoms with Crippen LogP contribution in [0.4, 0.5) is 4.39 Å². The van der Waals surface area contributed by atoms with Crippen LogP contribution in [0.5, 0.6) is 5.75 Å². The van der Waals surface area contributed by atoms with Crippen LogP contribution in [0, 0.1) is 12.7 Å². The number of aryl methyl sites for hydroxylation is 1. The third-order valence-electron chi connectivity index (χ3n) is 2.37. The highest BCUT2D eigenvalue weighted by atomic mass is 19.1. The zero-order chi connectivity index (χ0) is 11.6. The summed E-state index contributed by atoms with van der Waals surface area (Å²) in [6.45, 7) is 3.24. The van der Waals surface area contributed by atoms with E-state index in [4.69, 9.17) is 9.84 Å². The van der Waals surface area contributed by atoms with Crippen LogP contribution in [0.3, 0.4) is 0 Å². The monoisotopic (exact) mass is 212 g/mol. The lowest BCUT2D eigenvalue weighted by Gasteiger charge is -2.15. The molecule has 3 nitrogen and oxygen atoms in total. The lowest BCUT2D eigenvalue weighted by atomic mass is 9.95. The van der Waals surface area contributed by atoms with Gasteiger partial charge in [-0.25, -0.2) is 4.39 Å². The number of benzene rings is 1. The summed E-state index contributed by atoms with van der Waals surface area (Å²) in [6.07, 6.45) is 0. The summed E-state index contributed by atoms with van der Waals surface area (Å²) in [5.41, 5.74) is 1.10. The van der Waals surface area contributed by atoms with Crippen molar-refractivity contribution >= 4 is 5.97 Å². The normalized spacial score (nSPS) is 12.3. The molecule has 0 aliphatic heterocycles. The smallest absolute Gasteiger partial charge is 0.310 e. The fourth-order valence-electron chi connectivity index (χ4n) is 1.54. The van der Waals surface area contributed by atoms with E-state index in [1.807, 2.05) is 0 Å². The number of carbonyl (C=O) groups is 1. The Kier molecular flexibility index (Phi) is 3.29. The fraction of sp³-hybridized carbons (Fsp3) is 0.364. The molecule has 82 valence electrons. The van der Waals surface area contributed by atoms with E-state index in [0.29, 0.717) is 11.1 Å². The largest absolute Gasteiger partial charge is 0.493 e. The molecule has 0 saturated carbocycles. The zero-order valence-electron chi connectivity index (χ0n) is 8.87. The first-order valence-corrected chi connectivity index (χ1v) is 4.54. The van der Waals surface area contributed by atoms with E-state index in [0.717, 1.165) is 0 Å². The number of hydrogen-bond donors (Lipinski definition) is 1. The van der Waals surface area contributed by atoms with Crippen molar-refractivity contribution in [2.45, 2.75) is 19.8 Å². The minimum absolute atomic E-state index is 0.0184. The van der Waals surface area contributed by atoms with Crippen molar-refractivity contribution in [3.63, 3.8) is 0 Å². The first-order valence-electron chi connectivity index (χ1n) is 4.54. The third kappa shape index (κ3) is 2.09. The molecule has 1 rings (SSSR count). The van der Waals surface area contributed by atoms with Crippen LogP contribution in [0.2, 0.25) is 0 Å². The number of methoxy groups -OCH3 is 1. The van der Waals surface area contributed by atoms with Gasteiger partial charge in [-0.3, -0.25) is 4.79 Å². The van der Waals surface area contributed by atoms with Gasteiger partial charge in [0.1, 0.15) is 0 Å². The first-order chi connectivity index (χ1) is 6.99. The van der Waals surface area contributed by atoms with Gasteiger partial charge in [-0.2, -0.15) is 0 Å². The minimum atomic E-state index is -0.998. The summed E-state index contributed by atoms with van der Waals surface area (Å²) in [5, 5.41) is 8.89. The van der Waals surface area contributed by atoms with Crippen molar-refractivity contribution in [3.05, 3.63) is 29.1 Å². The molecule has 1 aromatic carbocycles. The lowest BCUT2D eigenvalue weighted by molar-refractivity contribution is -0.138. The third-order valence-corrected chi connectivity index (χ3v) is 2.37. The van der Waals surface area contributed by atoms with Crippen LogP contribution in [-0.2, 0) is 4.79 Å². The number of carboxylic acid groups (broad SMARTS) is 1. The van der Waals surface area contributed by atoms with Gasteiger partial charge >= 0.3 is 5.97 Å². The Bertz CT molecular complexity index is 388. The molecule has 1 unspecified atom stereocenters. The molecule has 1 atom stereocenters. The molecule has 15 heavy (non-hydrogen) atoms. The zero-order valence-corrected chi connectivity index (χ0v) is 8.87. The Labute approximate surface area is 87.5 Å². The SMILES string of the molecule is COc1c(F)ccc(C)c1C(C)C(=O)O. The van der Waals surface area contributed by atoms with Gasteiger partial charge in [-0.05, 0) is 25.5 Å². The van der Waals surface area contributed by atoms with Gasteiger partial charge in [0.15, 0.2) is 11.6 Å². The van der Waals surface area contributed by atoms with Gasteiger partial charge in [0.05, 0.1) is 13.0 Å². The van der Waals surface area contributed by atoms with Crippen LogP contribution < -0.4 is 4.74 Å². The van der Waals surface area contributed by atoms with Crippen molar-refractivity contribution in [2.75, 3.05) is 7.11 Å². The highest BCUT2D eigenvalue weighted by Crippen LogP contribution is 2.32. The van der Waals surface area contributed by atoms with Crippen LogP contribution in [0.15, 0.2) is 12.1 Å². The van der Waals surface area contributed by atoms with E-state index in [9.17, 15) is 9.18 Å². The maximum absolute atomic E-state index is 13.3. The van der Waals surface area contributed by atoms with Gasteiger partial charge in [-0.15, -0.1) is 0 Å². The molecule has 0 heterocycles. The quantitative estimate of drug-likeness (QED) is 0.836. The summed E-state index contributed by atoms with van der Waals surface area (Å²) < 4.78 is 18.2. The summed E-state index contributed by atoms with van der Waals surface area (Å²) in [5.74, 6) is -2.30. The van der Waals surface area contributed by atoms with Gasteiger partial charge in [-0.1, -0.05) is 6.07 Å². The summed E-state index contributed by atoms with van der Waals surface area (Å²) >= 11 is 0. The Hall–Kier alpha value is -1.58. The molecule has 1 N–H and O–H groups in total. The number of halogens is 1. The molecular formula is C11H13FO3. The molecule has 0 aliphatic carbocycles. The van der Waals surface area contributed by atoms with E-state index in [2.05, 4.69) is 0 Å². The summed E-state index contributed by atoms with van der Waals surface area (Å²) in [6, 6.07) is 2.82. The standard InChI is InChI=1S/C11H13FO3/c1-6-4-5-8(12)10(15-3)9(6)7(2)11(13)14/h4-5,7H,1-3H3,(H,13,14). The molecule has 0 radical (unpaired) electrons. The van der Waals surface area contributed by atoms with Gasteiger partial charge in [0, 0.05) is 5.56 Å². The molecule has 0 saturated heterocycles. The number of ether oxygens (including phenoxy) is 1. The van der Waals surface area contributed by atoms with Crippen molar-refractivity contribution in [1.29, 1.82) is 0 Å². The Morgan fingerprint density at radius 2 is 2.13 bits per heavy atom. The molecule has 0 spiro atoms. The van der Waals surface area contributed by atoms with Crippen molar-refractivity contribution in [2.24, 2.45) is 0 Å². The Morgan fingerprint density at radius 1 is 1.53 bits per heavy atom. The first kappa shape index (κ1) is 11.5. The molecule has 4 heteroatoms. The predicted molar refractivity (Wildman–Crippen MR) is 53.7 cm³/mol. The molecule has 0 fully saturated rings. The number of carboxylic acids is 1. The van der Waals surface area contributed by atoms with Gasteiger partial charge in [0.2, 0.25) is 0 Å². The summed E-state index contributed by atoms with van der Waals surface area (Å²) in [4.78, 5) is 10.9. The molecule has 1 aromatic rings. The average molecular weight is 212 g/mol. The number of rotatable bonds is 3. The van der Waals surface area contributed by atoms with Crippen LogP contribution in [0.25, 0.3) is 0 Å².